The molecule has 1 heterocycles. The van der Waals surface area contributed by atoms with Crippen LogP contribution < -0.4 is 0 Å². The van der Waals surface area contributed by atoms with Crippen molar-refractivity contribution >= 4 is 11.6 Å². The Kier molecular flexibility index (Phi) is 4.07. The molecule has 5 heteroatoms. The number of nitriles is 1. The number of halogens is 3. The predicted octanol–water partition coefficient (Wildman–Crippen LogP) is 3.74. The van der Waals surface area contributed by atoms with Crippen LogP contribution in [-0.4, -0.2) is 18.0 Å². The van der Waals surface area contributed by atoms with Gasteiger partial charge in [-0.3, -0.25) is 4.90 Å². The Morgan fingerprint density at radius 1 is 1.37 bits per heavy atom. The van der Waals surface area contributed by atoms with Crippen LogP contribution >= 0.6 is 11.6 Å². The summed E-state index contributed by atoms with van der Waals surface area (Å²) in [6.07, 6.45) is 1.53. The topological polar surface area (TPSA) is 27.0 Å². The van der Waals surface area contributed by atoms with E-state index in [1.165, 1.54) is 12.1 Å². The smallest absolute Gasteiger partial charge is 0.149 e. The van der Waals surface area contributed by atoms with Gasteiger partial charge in [0.1, 0.15) is 16.7 Å². The van der Waals surface area contributed by atoms with Crippen LogP contribution in [0.15, 0.2) is 12.1 Å². The first-order valence-corrected chi connectivity index (χ1v) is 6.59. The third-order valence-electron chi connectivity index (χ3n) is 3.74. The lowest BCUT2D eigenvalue weighted by Gasteiger charge is -2.34. The fraction of sp³-hybridized carbons (Fsp3) is 0.500. The summed E-state index contributed by atoms with van der Waals surface area (Å²) >= 11 is 5.56. The molecule has 0 spiro atoms. The SMILES string of the molecule is CC1(C#N)CCN(Cc2ccc(F)c(Cl)c2F)CC1. The number of nitrogens with zero attached hydrogens (tertiary/aromatic N) is 2. The quantitative estimate of drug-likeness (QED) is 0.774. The van der Waals surface area contributed by atoms with E-state index in [4.69, 9.17) is 16.9 Å². The maximum Gasteiger partial charge on any atom is 0.149 e. The lowest BCUT2D eigenvalue weighted by atomic mass is 9.82. The molecule has 102 valence electrons. The Morgan fingerprint density at radius 2 is 2.00 bits per heavy atom. The summed E-state index contributed by atoms with van der Waals surface area (Å²) in [6.45, 7) is 3.81. The average molecular weight is 285 g/mol. The lowest BCUT2D eigenvalue weighted by molar-refractivity contribution is 0.149. The highest BCUT2D eigenvalue weighted by Gasteiger charge is 2.30. The largest absolute Gasteiger partial charge is 0.299 e. The molecule has 0 radical (unpaired) electrons. The molecule has 0 N–H and O–H groups in total. The summed E-state index contributed by atoms with van der Waals surface area (Å²) in [5.41, 5.74) is 0.113. The second-order valence-electron chi connectivity index (χ2n) is 5.28. The van der Waals surface area contributed by atoms with Gasteiger partial charge in [0.25, 0.3) is 0 Å². The third kappa shape index (κ3) is 3.05. The molecule has 1 aliphatic rings. The van der Waals surface area contributed by atoms with Crippen LogP contribution in [0.5, 0.6) is 0 Å². The highest BCUT2D eigenvalue weighted by molar-refractivity contribution is 6.30. The Bertz CT molecular complexity index is 517. The molecule has 1 aromatic carbocycles. The van der Waals surface area contributed by atoms with Crippen molar-refractivity contribution in [2.45, 2.75) is 26.3 Å². The molecule has 1 aliphatic heterocycles. The highest BCUT2D eigenvalue weighted by atomic mass is 35.5. The van der Waals surface area contributed by atoms with Gasteiger partial charge in [0.05, 0.1) is 11.5 Å². The van der Waals surface area contributed by atoms with Crippen molar-refractivity contribution in [2.75, 3.05) is 13.1 Å². The van der Waals surface area contributed by atoms with Crippen LogP contribution in [-0.2, 0) is 6.54 Å². The summed E-state index contributed by atoms with van der Waals surface area (Å²) < 4.78 is 26.8. The number of benzene rings is 1. The second-order valence-corrected chi connectivity index (χ2v) is 5.66. The van der Waals surface area contributed by atoms with Crippen molar-refractivity contribution in [1.29, 1.82) is 5.26 Å². The van der Waals surface area contributed by atoms with Gasteiger partial charge in [0.15, 0.2) is 0 Å². The molecule has 0 unspecified atom stereocenters. The first-order valence-electron chi connectivity index (χ1n) is 6.21. The lowest BCUT2D eigenvalue weighted by Crippen LogP contribution is -2.37. The molecule has 0 bridgehead atoms. The van der Waals surface area contributed by atoms with Crippen LogP contribution in [0.3, 0.4) is 0 Å². The maximum absolute atomic E-state index is 13.8. The van der Waals surface area contributed by atoms with E-state index in [2.05, 4.69) is 11.0 Å². The van der Waals surface area contributed by atoms with Crippen molar-refractivity contribution in [1.82, 2.24) is 4.90 Å². The second kappa shape index (κ2) is 5.44. The summed E-state index contributed by atoms with van der Waals surface area (Å²) in [6, 6.07) is 4.93. The molecule has 0 saturated carbocycles. The number of rotatable bonds is 2. The zero-order valence-corrected chi connectivity index (χ0v) is 11.5. The van der Waals surface area contributed by atoms with Gasteiger partial charge in [-0.05, 0) is 38.9 Å². The minimum atomic E-state index is -0.737. The van der Waals surface area contributed by atoms with Gasteiger partial charge in [-0.2, -0.15) is 5.26 Å². The molecule has 0 atom stereocenters. The van der Waals surface area contributed by atoms with Gasteiger partial charge in [-0.15, -0.1) is 0 Å². The fourth-order valence-corrected chi connectivity index (χ4v) is 2.43. The van der Waals surface area contributed by atoms with E-state index in [1.807, 2.05) is 6.92 Å². The Hall–Kier alpha value is -1.18. The minimum Gasteiger partial charge on any atom is -0.299 e. The standard InChI is InChI=1S/C14H15ClF2N2/c1-14(9-18)4-6-19(7-5-14)8-10-2-3-11(16)12(15)13(10)17/h2-3H,4-8H2,1H3. The van der Waals surface area contributed by atoms with Gasteiger partial charge >= 0.3 is 0 Å². The number of likely N-dealkylation sites (tertiary alicyclic amines) is 1. The molecule has 2 nitrogen and oxygen atoms in total. The zero-order chi connectivity index (χ0) is 14.0. The van der Waals surface area contributed by atoms with E-state index in [9.17, 15) is 8.78 Å². The van der Waals surface area contributed by atoms with Crippen molar-refractivity contribution in [3.8, 4) is 6.07 Å². The van der Waals surface area contributed by atoms with Crippen LogP contribution in [0.1, 0.15) is 25.3 Å². The monoisotopic (exact) mass is 284 g/mol. The molecular formula is C14H15ClF2N2. The molecule has 0 aliphatic carbocycles. The van der Waals surface area contributed by atoms with Gasteiger partial charge in [0.2, 0.25) is 0 Å². The van der Waals surface area contributed by atoms with Gasteiger partial charge in [0, 0.05) is 12.1 Å². The summed E-state index contributed by atoms with van der Waals surface area (Å²) in [5, 5.41) is 8.60. The first kappa shape index (κ1) is 14.2. The molecule has 1 aromatic rings. The van der Waals surface area contributed by atoms with Crippen molar-refractivity contribution in [2.24, 2.45) is 5.41 Å². The van der Waals surface area contributed by atoms with Crippen LogP contribution in [0.2, 0.25) is 5.02 Å². The van der Waals surface area contributed by atoms with E-state index in [0.717, 1.165) is 25.9 Å². The fourth-order valence-electron chi connectivity index (χ4n) is 2.25. The highest BCUT2D eigenvalue weighted by Crippen LogP contribution is 2.31. The van der Waals surface area contributed by atoms with Crippen molar-refractivity contribution in [3.05, 3.63) is 34.4 Å². The first-order chi connectivity index (χ1) is 8.95. The minimum absolute atomic E-state index is 0.282. The normalized spacial score (nSPS) is 19.1. The molecule has 2 rings (SSSR count). The molecule has 1 fully saturated rings. The number of hydrogen-bond acceptors (Lipinski definition) is 2. The molecule has 19 heavy (non-hydrogen) atoms. The average Bonchev–Trinajstić information content (AvgIpc) is 2.42. The summed E-state index contributed by atoms with van der Waals surface area (Å²) in [4.78, 5) is 2.06. The molecule has 1 saturated heterocycles. The Balaban J connectivity index is 2.04. The maximum atomic E-state index is 13.8. The van der Waals surface area contributed by atoms with E-state index in [1.54, 1.807) is 0 Å². The van der Waals surface area contributed by atoms with Crippen LogP contribution in [0.4, 0.5) is 8.78 Å². The summed E-state index contributed by atoms with van der Waals surface area (Å²) in [7, 11) is 0. The van der Waals surface area contributed by atoms with Gasteiger partial charge in [-0.1, -0.05) is 17.7 Å². The Morgan fingerprint density at radius 3 is 2.58 bits per heavy atom. The van der Waals surface area contributed by atoms with Gasteiger partial charge in [-0.25, -0.2) is 8.78 Å². The van der Waals surface area contributed by atoms with Crippen LogP contribution in [0, 0.1) is 28.4 Å². The van der Waals surface area contributed by atoms with Crippen molar-refractivity contribution in [3.63, 3.8) is 0 Å². The number of piperidine rings is 1. The zero-order valence-electron chi connectivity index (χ0n) is 10.7. The molecular weight excluding hydrogens is 270 g/mol. The van der Waals surface area contributed by atoms with E-state index in [-0.39, 0.29) is 5.41 Å². The Labute approximate surface area is 116 Å². The number of hydrogen-bond donors (Lipinski definition) is 0. The molecule has 0 amide bonds. The molecule has 0 aromatic heterocycles. The predicted molar refractivity (Wildman–Crippen MR) is 69.6 cm³/mol. The summed E-state index contributed by atoms with van der Waals surface area (Å²) in [5.74, 6) is -1.42. The van der Waals surface area contributed by atoms with E-state index >= 15 is 0 Å². The third-order valence-corrected chi connectivity index (χ3v) is 4.09. The van der Waals surface area contributed by atoms with Gasteiger partial charge < -0.3 is 0 Å². The van der Waals surface area contributed by atoms with Crippen LogP contribution in [0.25, 0.3) is 0 Å². The van der Waals surface area contributed by atoms with E-state index in [0.29, 0.717) is 12.1 Å². The van der Waals surface area contributed by atoms with E-state index < -0.39 is 16.7 Å². The van der Waals surface area contributed by atoms with Crippen molar-refractivity contribution < 1.29 is 8.78 Å².